The summed E-state index contributed by atoms with van der Waals surface area (Å²) in [6.45, 7) is -0.275. The quantitative estimate of drug-likeness (QED) is 0.312. The van der Waals surface area contributed by atoms with Crippen LogP contribution < -0.4 is 9.64 Å². The minimum absolute atomic E-state index is 0.0328. The Bertz CT molecular complexity index is 1470. The van der Waals surface area contributed by atoms with Crippen molar-refractivity contribution in [3.05, 3.63) is 58.8 Å². The van der Waals surface area contributed by atoms with Crippen molar-refractivity contribution in [2.75, 3.05) is 37.8 Å². The number of nitrogens with one attached hydrogen (secondary N) is 2. The monoisotopic (exact) mass is 550 g/mol. The number of piperazine rings is 1. The standard InChI is InChI=1S/C25H23ClF4N6O2/c1-13(37)35-4-6-36(7-5-35)25-33-12-19(34-25)14-8-15-17(11-32-23(15)31-10-14)16(9-27)21-20(38-24(29)30)3-2-18(28)22(21)26/h2-3,8,10-12,16,24H,4-7,9H2,1H3,(H,31,32)(H,33,34)/t16-/m0/s1. The molecule has 0 saturated carbocycles. The van der Waals surface area contributed by atoms with Crippen molar-refractivity contribution in [2.24, 2.45) is 0 Å². The summed E-state index contributed by atoms with van der Waals surface area (Å²) in [4.78, 5) is 30.5. The fraction of sp³-hybridized carbons (Fsp3) is 0.320. The fourth-order valence-corrected chi connectivity index (χ4v) is 4.99. The number of pyridine rings is 1. The molecule has 1 amide bonds. The van der Waals surface area contributed by atoms with E-state index in [0.29, 0.717) is 60.0 Å². The molecule has 0 unspecified atom stereocenters. The largest absolute Gasteiger partial charge is 0.434 e. The molecule has 4 heterocycles. The molecule has 1 fully saturated rings. The van der Waals surface area contributed by atoms with E-state index < -0.39 is 35.8 Å². The molecule has 4 aromatic rings. The maximum Gasteiger partial charge on any atom is 0.387 e. The zero-order valence-corrected chi connectivity index (χ0v) is 20.9. The van der Waals surface area contributed by atoms with Crippen LogP contribution in [0.3, 0.4) is 0 Å². The Labute approximate surface area is 219 Å². The van der Waals surface area contributed by atoms with Crippen molar-refractivity contribution in [3.63, 3.8) is 0 Å². The lowest BCUT2D eigenvalue weighted by atomic mass is 9.91. The molecule has 1 atom stereocenters. The van der Waals surface area contributed by atoms with Gasteiger partial charge >= 0.3 is 6.61 Å². The normalized spacial score (nSPS) is 14.9. The van der Waals surface area contributed by atoms with Crippen molar-refractivity contribution >= 4 is 34.5 Å². The van der Waals surface area contributed by atoms with Crippen LogP contribution in [0.1, 0.15) is 24.0 Å². The Balaban J connectivity index is 1.48. The minimum Gasteiger partial charge on any atom is -0.434 e. The molecule has 1 saturated heterocycles. The average Bonchev–Trinajstić information content (AvgIpc) is 3.56. The van der Waals surface area contributed by atoms with Gasteiger partial charge in [-0.05, 0) is 23.8 Å². The molecule has 38 heavy (non-hydrogen) atoms. The number of imidazole rings is 1. The number of alkyl halides is 3. The number of halogens is 5. The van der Waals surface area contributed by atoms with Crippen LogP contribution in [0.5, 0.6) is 5.75 Å². The van der Waals surface area contributed by atoms with Gasteiger partial charge in [0.1, 0.15) is 23.9 Å². The van der Waals surface area contributed by atoms with Gasteiger partial charge in [0.2, 0.25) is 11.9 Å². The van der Waals surface area contributed by atoms with Gasteiger partial charge in [-0.3, -0.25) is 9.18 Å². The highest BCUT2D eigenvalue weighted by Gasteiger charge is 2.28. The van der Waals surface area contributed by atoms with Gasteiger partial charge in [0.05, 0.1) is 16.9 Å². The number of hydrogen-bond acceptors (Lipinski definition) is 5. The van der Waals surface area contributed by atoms with E-state index in [1.807, 2.05) is 4.90 Å². The van der Waals surface area contributed by atoms with Gasteiger partial charge in [0.15, 0.2) is 0 Å². The first-order valence-corrected chi connectivity index (χ1v) is 12.2. The number of anilines is 1. The zero-order valence-electron chi connectivity index (χ0n) is 20.1. The fourth-order valence-electron chi connectivity index (χ4n) is 4.70. The van der Waals surface area contributed by atoms with Crippen molar-refractivity contribution in [1.82, 2.24) is 24.8 Å². The predicted molar refractivity (Wildman–Crippen MR) is 134 cm³/mol. The van der Waals surface area contributed by atoms with Crippen LogP contribution in [-0.4, -0.2) is 70.2 Å². The third kappa shape index (κ3) is 4.87. The highest BCUT2D eigenvalue weighted by Crippen LogP contribution is 2.42. The van der Waals surface area contributed by atoms with E-state index in [-0.39, 0.29) is 11.5 Å². The highest BCUT2D eigenvalue weighted by molar-refractivity contribution is 6.31. The third-order valence-corrected chi connectivity index (χ3v) is 7.03. The maximum absolute atomic E-state index is 14.5. The molecule has 1 aliphatic heterocycles. The summed E-state index contributed by atoms with van der Waals surface area (Å²) >= 11 is 6.12. The maximum atomic E-state index is 14.5. The summed E-state index contributed by atoms with van der Waals surface area (Å²) in [6.07, 6.45) is 4.75. The molecule has 0 aliphatic carbocycles. The van der Waals surface area contributed by atoms with Gasteiger partial charge in [-0.2, -0.15) is 8.78 Å². The number of rotatable bonds is 7. The molecule has 3 aromatic heterocycles. The molecule has 2 N–H and O–H groups in total. The Morgan fingerprint density at radius 3 is 2.63 bits per heavy atom. The average molecular weight is 551 g/mol. The Kier molecular flexibility index (Phi) is 7.15. The number of nitrogens with zero attached hydrogens (tertiary/aromatic N) is 4. The number of fused-ring (bicyclic) bond motifs is 1. The summed E-state index contributed by atoms with van der Waals surface area (Å²) < 4.78 is 59.4. The summed E-state index contributed by atoms with van der Waals surface area (Å²) in [6, 6.07) is 3.65. The summed E-state index contributed by atoms with van der Waals surface area (Å²) in [5.41, 5.74) is 1.85. The van der Waals surface area contributed by atoms with E-state index >= 15 is 0 Å². The van der Waals surface area contributed by atoms with Gasteiger partial charge in [-0.1, -0.05) is 11.6 Å². The van der Waals surface area contributed by atoms with Crippen molar-refractivity contribution < 1.29 is 27.1 Å². The van der Waals surface area contributed by atoms with Crippen LogP contribution in [-0.2, 0) is 4.79 Å². The van der Waals surface area contributed by atoms with Crippen LogP contribution in [0, 0.1) is 5.82 Å². The minimum atomic E-state index is -3.20. The van der Waals surface area contributed by atoms with Gasteiger partial charge in [-0.15, -0.1) is 0 Å². The van der Waals surface area contributed by atoms with E-state index in [1.54, 1.807) is 30.3 Å². The molecule has 1 aliphatic rings. The number of carbonyl (C=O) groups excluding carboxylic acids is 1. The molecule has 0 radical (unpaired) electrons. The smallest absolute Gasteiger partial charge is 0.387 e. The second kappa shape index (κ2) is 10.5. The molecule has 13 heteroatoms. The van der Waals surface area contributed by atoms with Crippen molar-refractivity contribution in [1.29, 1.82) is 0 Å². The second-order valence-electron chi connectivity index (χ2n) is 8.84. The Morgan fingerprint density at radius 2 is 1.95 bits per heavy atom. The molecule has 0 bridgehead atoms. The lowest BCUT2D eigenvalue weighted by Gasteiger charge is -2.33. The topological polar surface area (TPSA) is 90.1 Å². The van der Waals surface area contributed by atoms with Crippen molar-refractivity contribution in [2.45, 2.75) is 19.5 Å². The van der Waals surface area contributed by atoms with E-state index in [4.69, 9.17) is 11.6 Å². The number of amides is 1. The van der Waals surface area contributed by atoms with Crippen LogP contribution in [0.2, 0.25) is 5.02 Å². The zero-order chi connectivity index (χ0) is 27.0. The van der Waals surface area contributed by atoms with Gasteiger partial charge in [0.25, 0.3) is 0 Å². The molecule has 200 valence electrons. The van der Waals surface area contributed by atoms with Crippen molar-refractivity contribution in [3.8, 4) is 17.0 Å². The molecular formula is C25H23ClF4N6O2. The number of H-pyrrole nitrogens is 2. The molecular weight excluding hydrogens is 528 g/mol. The summed E-state index contributed by atoms with van der Waals surface area (Å²) in [5, 5.41) is 0.00652. The lowest BCUT2D eigenvalue weighted by molar-refractivity contribution is -0.129. The van der Waals surface area contributed by atoms with Gasteiger partial charge in [-0.25, -0.2) is 14.4 Å². The first-order chi connectivity index (χ1) is 18.3. The highest BCUT2D eigenvalue weighted by atomic mass is 35.5. The van der Waals surface area contributed by atoms with Crippen LogP contribution >= 0.6 is 11.6 Å². The molecule has 1 aromatic carbocycles. The van der Waals surface area contributed by atoms with Gasteiger partial charge in [0, 0.05) is 67.9 Å². The Morgan fingerprint density at radius 1 is 1.18 bits per heavy atom. The first kappa shape index (κ1) is 25.8. The van der Waals surface area contributed by atoms with Crippen LogP contribution in [0.15, 0.2) is 36.8 Å². The molecule has 5 rings (SSSR count). The lowest BCUT2D eigenvalue weighted by Crippen LogP contribution is -2.48. The number of aromatic amines is 2. The predicted octanol–water partition coefficient (Wildman–Crippen LogP) is 5.12. The Hall–Kier alpha value is -3.80. The summed E-state index contributed by atoms with van der Waals surface area (Å²) in [5.74, 6) is -1.82. The third-order valence-electron chi connectivity index (χ3n) is 6.65. The number of carbonyl (C=O) groups is 1. The van der Waals surface area contributed by atoms with E-state index in [2.05, 4.69) is 24.7 Å². The van der Waals surface area contributed by atoms with E-state index in [1.165, 1.54) is 6.20 Å². The number of benzene rings is 1. The van der Waals surface area contributed by atoms with Crippen LogP contribution in [0.25, 0.3) is 22.3 Å². The number of ether oxygens (including phenoxy) is 1. The molecule has 8 nitrogen and oxygen atoms in total. The van der Waals surface area contributed by atoms with Crippen LogP contribution in [0.4, 0.5) is 23.5 Å². The SMILES string of the molecule is CC(=O)N1CCN(c2ncc(-c3cnc4[nH]cc([C@H](CF)c5c(OC(F)F)ccc(F)c5Cl)c4c3)[nH]2)CC1. The molecule has 0 spiro atoms. The summed E-state index contributed by atoms with van der Waals surface area (Å²) in [7, 11) is 0. The number of hydrogen-bond donors (Lipinski definition) is 2. The van der Waals surface area contributed by atoms with E-state index in [0.717, 1.165) is 12.1 Å². The van der Waals surface area contributed by atoms with E-state index in [9.17, 15) is 22.4 Å². The second-order valence-corrected chi connectivity index (χ2v) is 9.21. The first-order valence-electron chi connectivity index (χ1n) is 11.8. The number of aromatic nitrogens is 4. The van der Waals surface area contributed by atoms with Gasteiger partial charge < -0.3 is 24.5 Å².